The van der Waals surface area contributed by atoms with E-state index in [4.69, 9.17) is 9.47 Å². The number of aromatic nitrogens is 2. The number of rotatable bonds is 1. The molecule has 1 aliphatic rings. The van der Waals surface area contributed by atoms with Gasteiger partial charge in [0.2, 0.25) is 5.88 Å². The second-order valence-electron chi connectivity index (χ2n) is 2.81. The molecular weight excluding hydrogens is 172 g/mol. The van der Waals surface area contributed by atoms with E-state index < -0.39 is 0 Å². The van der Waals surface area contributed by atoms with Gasteiger partial charge in [0.05, 0.1) is 25.9 Å². The molecule has 0 saturated heterocycles. The van der Waals surface area contributed by atoms with E-state index in [2.05, 4.69) is 9.97 Å². The van der Waals surface area contributed by atoms with E-state index in [1.165, 1.54) is 7.11 Å². The summed E-state index contributed by atoms with van der Waals surface area (Å²) in [7, 11) is 1.50. The molecule has 70 valence electrons. The Morgan fingerprint density at radius 2 is 2.46 bits per heavy atom. The van der Waals surface area contributed by atoms with Crippen molar-refractivity contribution in [2.45, 2.75) is 13.0 Å². The molecule has 0 amide bonds. The molecule has 0 atom stereocenters. The normalized spacial score (nSPS) is 15.2. The second kappa shape index (κ2) is 3.18. The first-order chi connectivity index (χ1) is 6.31. The lowest BCUT2D eigenvalue weighted by Crippen LogP contribution is -2.21. The second-order valence-corrected chi connectivity index (χ2v) is 2.81. The molecule has 2 rings (SSSR count). The van der Waals surface area contributed by atoms with Crippen LogP contribution in [-0.2, 0) is 17.8 Å². The number of hydrogen-bond donors (Lipinski definition) is 1. The third-order valence-corrected chi connectivity index (χ3v) is 2.02. The summed E-state index contributed by atoms with van der Waals surface area (Å²) in [6, 6.07) is 0. The lowest BCUT2D eigenvalue weighted by atomic mass is 10.1. The summed E-state index contributed by atoms with van der Waals surface area (Å²) in [6.07, 6.45) is 0.712. The average Bonchev–Trinajstić information content (AvgIpc) is 2.16. The van der Waals surface area contributed by atoms with Gasteiger partial charge < -0.3 is 14.5 Å². The van der Waals surface area contributed by atoms with Crippen LogP contribution in [0, 0.1) is 0 Å². The smallest absolute Gasteiger partial charge is 0.348 e. The fraction of sp³-hybridized carbons (Fsp3) is 0.500. The highest BCUT2D eigenvalue weighted by Gasteiger charge is 2.16. The molecule has 0 radical (unpaired) electrons. The number of aromatic amines is 1. The molecule has 0 fully saturated rings. The van der Waals surface area contributed by atoms with Crippen LogP contribution in [0.15, 0.2) is 4.79 Å². The molecule has 1 N–H and O–H groups in total. The van der Waals surface area contributed by atoms with Crippen LogP contribution in [0.2, 0.25) is 0 Å². The summed E-state index contributed by atoms with van der Waals surface area (Å²) in [5.74, 6) is 0.374. The van der Waals surface area contributed by atoms with E-state index in [1.807, 2.05) is 0 Å². The number of ether oxygens (including phenoxy) is 2. The van der Waals surface area contributed by atoms with Crippen molar-refractivity contribution in [3.05, 3.63) is 21.7 Å². The fourth-order valence-corrected chi connectivity index (χ4v) is 1.40. The first-order valence-corrected chi connectivity index (χ1v) is 4.05. The molecular formula is C8H10N2O3. The van der Waals surface area contributed by atoms with Crippen molar-refractivity contribution in [3.8, 4) is 5.88 Å². The van der Waals surface area contributed by atoms with Crippen LogP contribution in [0.25, 0.3) is 0 Å². The third-order valence-electron chi connectivity index (χ3n) is 2.02. The van der Waals surface area contributed by atoms with E-state index >= 15 is 0 Å². The molecule has 0 bridgehead atoms. The van der Waals surface area contributed by atoms with Crippen molar-refractivity contribution in [1.29, 1.82) is 0 Å². The van der Waals surface area contributed by atoms with Crippen LogP contribution in [0.4, 0.5) is 0 Å². The Morgan fingerprint density at radius 1 is 1.62 bits per heavy atom. The van der Waals surface area contributed by atoms with E-state index in [-0.39, 0.29) is 5.69 Å². The number of nitrogens with zero attached hydrogens (tertiary/aromatic N) is 1. The van der Waals surface area contributed by atoms with Crippen LogP contribution in [-0.4, -0.2) is 23.7 Å². The summed E-state index contributed by atoms with van der Waals surface area (Å²) in [4.78, 5) is 17.4. The standard InChI is InChI=1S/C8H10N2O3/c1-12-7-5-4-13-3-2-6(5)9-8(11)10-7/h2-4H2,1H3,(H,9,10,11). The van der Waals surface area contributed by atoms with Crippen molar-refractivity contribution in [3.63, 3.8) is 0 Å². The summed E-state index contributed by atoms with van der Waals surface area (Å²) >= 11 is 0. The maximum Gasteiger partial charge on any atom is 0.348 e. The average molecular weight is 182 g/mol. The molecule has 0 spiro atoms. The molecule has 13 heavy (non-hydrogen) atoms. The van der Waals surface area contributed by atoms with E-state index in [1.54, 1.807) is 0 Å². The SMILES string of the molecule is COc1nc(=O)[nH]c2c1COCC2. The zero-order valence-corrected chi connectivity index (χ0v) is 7.29. The Labute approximate surface area is 74.7 Å². The van der Waals surface area contributed by atoms with Crippen molar-refractivity contribution >= 4 is 0 Å². The maximum atomic E-state index is 11.0. The predicted octanol–water partition coefficient (Wildman–Crippen LogP) is -0.149. The minimum Gasteiger partial charge on any atom is -0.481 e. The van der Waals surface area contributed by atoms with Crippen molar-refractivity contribution < 1.29 is 9.47 Å². The van der Waals surface area contributed by atoms with Crippen LogP contribution in [0.1, 0.15) is 11.3 Å². The Balaban J connectivity index is 2.57. The van der Waals surface area contributed by atoms with E-state index in [9.17, 15) is 4.79 Å². The van der Waals surface area contributed by atoms with Gasteiger partial charge in [-0.1, -0.05) is 0 Å². The molecule has 1 aromatic rings. The lowest BCUT2D eigenvalue weighted by Gasteiger charge is -2.16. The minimum absolute atomic E-state index is 0.363. The molecule has 0 aliphatic carbocycles. The Bertz CT molecular complexity index is 352. The Morgan fingerprint density at radius 3 is 3.23 bits per heavy atom. The van der Waals surface area contributed by atoms with Gasteiger partial charge in [-0.2, -0.15) is 4.98 Å². The van der Waals surface area contributed by atoms with Gasteiger partial charge in [-0.3, -0.25) is 0 Å². The molecule has 5 nitrogen and oxygen atoms in total. The molecule has 1 aromatic heterocycles. The number of hydrogen-bond acceptors (Lipinski definition) is 4. The lowest BCUT2D eigenvalue weighted by molar-refractivity contribution is 0.106. The topological polar surface area (TPSA) is 64.2 Å². The van der Waals surface area contributed by atoms with Crippen LogP contribution in [0.3, 0.4) is 0 Å². The van der Waals surface area contributed by atoms with Crippen molar-refractivity contribution in [2.75, 3.05) is 13.7 Å². The van der Waals surface area contributed by atoms with Gasteiger partial charge in [0.15, 0.2) is 0 Å². The monoisotopic (exact) mass is 182 g/mol. The number of fused-ring (bicyclic) bond motifs is 1. The fourth-order valence-electron chi connectivity index (χ4n) is 1.40. The predicted molar refractivity (Wildman–Crippen MR) is 44.8 cm³/mol. The highest BCUT2D eigenvalue weighted by atomic mass is 16.5. The highest BCUT2D eigenvalue weighted by Crippen LogP contribution is 2.20. The van der Waals surface area contributed by atoms with E-state index in [0.717, 1.165) is 11.3 Å². The Hall–Kier alpha value is -1.36. The molecule has 0 saturated carbocycles. The molecule has 1 aliphatic heterocycles. The summed E-state index contributed by atoms with van der Waals surface area (Å²) in [6.45, 7) is 1.10. The molecule has 0 unspecified atom stereocenters. The van der Waals surface area contributed by atoms with Gasteiger partial charge in [0.1, 0.15) is 0 Å². The van der Waals surface area contributed by atoms with Crippen molar-refractivity contribution in [1.82, 2.24) is 9.97 Å². The van der Waals surface area contributed by atoms with Crippen molar-refractivity contribution in [2.24, 2.45) is 0 Å². The summed E-state index contributed by atoms with van der Waals surface area (Å²) in [5.41, 5.74) is 1.37. The highest BCUT2D eigenvalue weighted by molar-refractivity contribution is 5.30. The van der Waals surface area contributed by atoms with Crippen LogP contribution >= 0.6 is 0 Å². The van der Waals surface area contributed by atoms with Gasteiger partial charge in [-0.15, -0.1) is 0 Å². The minimum atomic E-state index is -0.363. The van der Waals surface area contributed by atoms with Gasteiger partial charge in [0.25, 0.3) is 0 Å². The number of nitrogens with one attached hydrogen (secondary N) is 1. The zero-order chi connectivity index (χ0) is 9.26. The Kier molecular flexibility index (Phi) is 2.02. The zero-order valence-electron chi connectivity index (χ0n) is 7.29. The summed E-state index contributed by atoms with van der Waals surface area (Å²) < 4.78 is 10.2. The molecule has 0 aromatic carbocycles. The summed E-state index contributed by atoms with van der Waals surface area (Å²) in [5, 5.41) is 0. The number of methoxy groups -OCH3 is 1. The maximum absolute atomic E-state index is 11.0. The van der Waals surface area contributed by atoms with Gasteiger partial charge in [-0.05, 0) is 0 Å². The van der Waals surface area contributed by atoms with Crippen LogP contribution < -0.4 is 10.4 Å². The first-order valence-electron chi connectivity index (χ1n) is 4.05. The van der Waals surface area contributed by atoms with Gasteiger partial charge >= 0.3 is 5.69 Å². The first kappa shape index (κ1) is 8.25. The van der Waals surface area contributed by atoms with Crippen LogP contribution in [0.5, 0.6) is 5.88 Å². The third kappa shape index (κ3) is 1.42. The van der Waals surface area contributed by atoms with Gasteiger partial charge in [0, 0.05) is 12.1 Å². The largest absolute Gasteiger partial charge is 0.481 e. The quantitative estimate of drug-likeness (QED) is 0.656. The van der Waals surface area contributed by atoms with Gasteiger partial charge in [-0.25, -0.2) is 4.79 Å². The molecule has 5 heteroatoms. The number of H-pyrrole nitrogens is 1. The van der Waals surface area contributed by atoms with E-state index in [0.29, 0.717) is 25.5 Å². The molecule has 2 heterocycles.